The number of rotatable bonds is 0. The van der Waals surface area contributed by atoms with Crippen LogP contribution in [0.5, 0.6) is 0 Å². The second-order valence-electron chi connectivity index (χ2n) is 2.29. The fraction of sp³-hybridized carbons (Fsp3) is 0.167. The van der Waals surface area contributed by atoms with Gasteiger partial charge in [0.1, 0.15) is 11.0 Å². The average Bonchev–Trinajstić information content (AvgIpc) is 2.34. The molecule has 0 aromatic carbocycles. The number of H-pyrrole nitrogens is 1. The van der Waals surface area contributed by atoms with Crippen LogP contribution in [-0.4, -0.2) is 19.6 Å². The first-order chi connectivity index (χ1) is 5.27. The topological polar surface area (TPSA) is 46.0 Å². The van der Waals surface area contributed by atoms with Crippen LogP contribution in [0.3, 0.4) is 0 Å². The summed E-state index contributed by atoms with van der Waals surface area (Å²) >= 11 is 4.92. The quantitative estimate of drug-likeness (QED) is 0.596. The molecule has 0 aliphatic rings. The van der Waals surface area contributed by atoms with Gasteiger partial charge in [0, 0.05) is 5.69 Å². The lowest BCUT2D eigenvalue weighted by atomic mass is 10.4. The van der Waals surface area contributed by atoms with Gasteiger partial charge in [0.2, 0.25) is 5.78 Å². The van der Waals surface area contributed by atoms with E-state index in [0.29, 0.717) is 10.4 Å². The second kappa shape index (κ2) is 2.13. The van der Waals surface area contributed by atoms with Crippen molar-refractivity contribution in [2.24, 2.45) is 0 Å². The Morgan fingerprint density at radius 3 is 3.27 bits per heavy atom. The van der Waals surface area contributed by atoms with Crippen LogP contribution in [-0.2, 0) is 0 Å². The van der Waals surface area contributed by atoms with Crippen LogP contribution >= 0.6 is 12.2 Å². The summed E-state index contributed by atoms with van der Waals surface area (Å²) in [5, 5.41) is 6.57. The highest BCUT2D eigenvalue weighted by Crippen LogP contribution is 1.99. The molecule has 0 aliphatic carbocycles. The van der Waals surface area contributed by atoms with Gasteiger partial charge in [-0.2, -0.15) is 5.10 Å². The molecule has 1 N–H and O–H groups in total. The lowest BCUT2D eigenvalue weighted by Gasteiger charge is -1.94. The lowest BCUT2D eigenvalue weighted by molar-refractivity contribution is 1.03. The van der Waals surface area contributed by atoms with Gasteiger partial charge in [-0.05, 0) is 13.0 Å². The number of fused-ring (bicyclic) bond motifs is 1. The van der Waals surface area contributed by atoms with Crippen molar-refractivity contribution in [1.29, 1.82) is 0 Å². The van der Waals surface area contributed by atoms with Crippen LogP contribution in [0.4, 0.5) is 0 Å². The highest BCUT2D eigenvalue weighted by atomic mass is 32.1. The third-order valence-electron chi connectivity index (χ3n) is 1.49. The summed E-state index contributed by atoms with van der Waals surface area (Å²) in [5.41, 5.74) is 1.04. The number of nitrogens with zero attached hydrogens (tertiary/aromatic N) is 3. The molecule has 56 valence electrons. The molecule has 5 heteroatoms. The van der Waals surface area contributed by atoms with E-state index in [1.807, 2.05) is 17.4 Å². The summed E-state index contributed by atoms with van der Waals surface area (Å²) in [6.45, 7) is 1.96. The maximum absolute atomic E-state index is 4.92. The number of nitrogens with one attached hydrogen (secondary N) is 1. The molecule has 4 nitrogen and oxygen atoms in total. The van der Waals surface area contributed by atoms with E-state index in [4.69, 9.17) is 12.2 Å². The molecule has 0 bridgehead atoms. The minimum absolute atomic E-state index is 0.590. The summed E-state index contributed by atoms with van der Waals surface area (Å²) in [4.78, 5) is 4.06. The fourth-order valence-electron chi connectivity index (χ4n) is 0.975. The number of aryl methyl sites for hydroxylation is 1. The minimum Gasteiger partial charge on any atom is -0.272 e. The molecular formula is C6H6N4S. The van der Waals surface area contributed by atoms with Gasteiger partial charge in [0.25, 0.3) is 0 Å². The van der Waals surface area contributed by atoms with Gasteiger partial charge in [0.05, 0.1) is 0 Å². The molecule has 2 heterocycles. The average molecular weight is 166 g/mol. The first-order valence-electron chi connectivity index (χ1n) is 3.17. The van der Waals surface area contributed by atoms with Gasteiger partial charge in [-0.1, -0.05) is 12.2 Å². The zero-order valence-corrected chi connectivity index (χ0v) is 6.72. The summed E-state index contributed by atoms with van der Waals surface area (Å²) in [6.07, 6.45) is 1.67. The van der Waals surface area contributed by atoms with Gasteiger partial charge < -0.3 is 0 Å². The molecule has 0 unspecified atom stereocenters. The number of aromatic nitrogens is 4. The number of hydrogen-bond acceptors (Lipinski definition) is 3. The van der Waals surface area contributed by atoms with E-state index in [2.05, 4.69) is 15.2 Å². The Labute approximate surface area is 67.9 Å². The normalized spacial score (nSPS) is 10.6. The van der Waals surface area contributed by atoms with Crippen molar-refractivity contribution in [1.82, 2.24) is 19.6 Å². The lowest BCUT2D eigenvalue weighted by Crippen LogP contribution is -1.92. The molecule has 0 saturated heterocycles. The van der Waals surface area contributed by atoms with E-state index in [0.717, 1.165) is 5.69 Å². The van der Waals surface area contributed by atoms with Crippen LogP contribution in [0.2, 0.25) is 0 Å². The third-order valence-corrected chi connectivity index (χ3v) is 1.70. The maximum atomic E-state index is 4.92. The smallest absolute Gasteiger partial charge is 0.230 e. The van der Waals surface area contributed by atoms with Crippen LogP contribution < -0.4 is 0 Å². The Balaban J connectivity index is 3.02. The van der Waals surface area contributed by atoms with E-state index < -0.39 is 0 Å². The highest BCUT2D eigenvalue weighted by Gasteiger charge is 1.96. The molecule has 0 saturated carbocycles. The molecule has 11 heavy (non-hydrogen) atoms. The molecule has 2 aromatic rings. The van der Waals surface area contributed by atoms with Gasteiger partial charge in [-0.3, -0.25) is 4.40 Å². The fourth-order valence-corrected chi connectivity index (χ4v) is 1.23. The number of aromatic amines is 1. The Kier molecular flexibility index (Phi) is 1.25. The molecule has 0 spiro atoms. The highest BCUT2D eigenvalue weighted by molar-refractivity contribution is 7.71. The number of hydrogen-bond donors (Lipinski definition) is 1. The molecule has 2 rings (SSSR count). The molecule has 0 radical (unpaired) electrons. The van der Waals surface area contributed by atoms with Gasteiger partial charge in [-0.15, -0.1) is 0 Å². The van der Waals surface area contributed by atoms with E-state index in [9.17, 15) is 0 Å². The largest absolute Gasteiger partial charge is 0.272 e. The van der Waals surface area contributed by atoms with Crippen molar-refractivity contribution >= 4 is 18.0 Å². The Morgan fingerprint density at radius 1 is 1.64 bits per heavy atom. The van der Waals surface area contributed by atoms with E-state index >= 15 is 0 Å². The summed E-state index contributed by atoms with van der Waals surface area (Å²) < 4.78 is 2.43. The predicted molar refractivity (Wildman–Crippen MR) is 42.9 cm³/mol. The zero-order chi connectivity index (χ0) is 7.84. The van der Waals surface area contributed by atoms with E-state index in [1.54, 1.807) is 6.33 Å². The molecule has 2 aromatic heterocycles. The standard InChI is InChI=1S/C6H6N4S/c1-4-2-5(11)8-6-9-7-3-10(4)6/h2-3H,1H3,(H,8,9,11). The summed E-state index contributed by atoms with van der Waals surface area (Å²) in [7, 11) is 0. The molecule has 0 aliphatic heterocycles. The minimum atomic E-state index is 0.590. The molecule has 0 atom stereocenters. The molecular weight excluding hydrogens is 160 g/mol. The molecule has 0 fully saturated rings. The van der Waals surface area contributed by atoms with Crippen molar-refractivity contribution < 1.29 is 0 Å². The Morgan fingerprint density at radius 2 is 2.45 bits per heavy atom. The van der Waals surface area contributed by atoms with Crippen molar-refractivity contribution in [3.8, 4) is 0 Å². The Bertz CT molecular complexity index is 441. The second-order valence-corrected chi connectivity index (χ2v) is 2.70. The van der Waals surface area contributed by atoms with Crippen molar-refractivity contribution in [2.45, 2.75) is 6.92 Å². The Hall–Kier alpha value is -1.23. The van der Waals surface area contributed by atoms with Gasteiger partial charge >= 0.3 is 0 Å². The van der Waals surface area contributed by atoms with Crippen LogP contribution in [0.15, 0.2) is 12.4 Å². The molecule has 0 amide bonds. The van der Waals surface area contributed by atoms with Crippen LogP contribution in [0.1, 0.15) is 5.69 Å². The van der Waals surface area contributed by atoms with E-state index in [1.165, 1.54) is 0 Å². The van der Waals surface area contributed by atoms with Crippen LogP contribution in [0.25, 0.3) is 5.78 Å². The predicted octanol–water partition coefficient (Wildman–Crippen LogP) is 1.10. The SMILES string of the molecule is Cc1cc(=S)nc2[nH]ncn12. The summed E-state index contributed by atoms with van der Waals surface area (Å²) in [6, 6.07) is 1.83. The van der Waals surface area contributed by atoms with Crippen molar-refractivity contribution in [3.05, 3.63) is 22.7 Å². The van der Waals surface area contributed by atoms with Gasteiger partial charge in [0.15, 0.2) is 0 Å². The van der Waals surface area contributed by atoms with Gasteiger partial charge in [-0.25, -0.2) is 10.1 Å². The third kappa shape index (κ3) is 0.932. The summed E-state index contributed by atoms with van der Waals surface area (Å²) in [5.74, 6) is 0.690. The first kappa shape index (κ1) is 6.48. The zero-order valence-electron chi connectivity index (χ0n) is 5.90. The van der Waals surface area contributed by atoms with E-state index in [-0.39, 0.29) is 0 Å². The first-order valence-corrected chi connectivity index (χ1v) is 3.57. The monoisotopic (exact) mass is 166 g/mol. The van der Waals surface area contributed by atoms with Crippen molar-refractivity contribution in [2.75, 3.05) is 0 Å². The van der Waals surface area contributed by atoms with Crippen LogP contribution in [0, 0.1) is 11.6 Å². The van der Waals surface area contributed by atoms with Crippen molar-refractivity contribution in [3.63, 3.8) is 0 Å². The maximum Gasteiger partial charge on any atom is 0.230 e.